The minimum absolute atomic E-state index is 0. The molecule has 0 spiro atoms. The standard InChI is InChI=1S/C11H11BFNO.C2H6N.Y/c1-2-7-9(13)5-12-8-3-6(15)4-10(14)11(7)8;1-3-2;/h3-5,15H,2,14H2,1H3;1-2H3;/q;-1;. The summed E-state index contributed by atoms with van der Waals surface area (Å²) in [7, 11) is 3.50. The summed E-state index contributed by atoms with van der Waals surface area (Å²) >= 11 is 0. The second kappa shape index (κ2) is 8.62. The Labute approximate surface area is 138 Å². The van der Waals surface area contributed by atoms with Crippen molar-refractivity contribution in [2.45, 2.75) is 13.3 Å². The number of anilines is 1. The van der Waals surface area contributed by atoms with Gasteiger partial charge in [0.1, 0.15) is 0 Å². The minimum Gasteiger partial charge on any atom is -0.668 e. The molecule has 99 valence electrons. The van der Waals surface area contributed by atoms with E-state index in [-0.39, 0.29) is 44.3 Å². The van der Waals surface area contributed by atoms with Crippen molar-refractivity contribution in [3.05, 3.63) is 34.8 Å². The van der Waals surface area contributed by atoms with Crippen LogP contribution in [0.4, 0.5) is 10.1 Å². The predicted molar refractivity (Wildman–Crippen MR) is 75.9 cm³/mol. The molecule has 1 radical (unpaired) electrons. The zero-order chi connectivity index (χ0) is 13.7. The molecule has 6 heteroatoms. The Balaban J connectivity index is 0.000000742. The Morgan fingerprint density at radius 2 is 1.95 bits per heavy atom. The zero-order valence-electron chi connectivity index (χ0n) is 11.4. The number of nitrogens with zero attached hydrogens (tertiary/aromatic N) is 1. The Hall–Kier alpha value is -0.511. The molecule has 0 aliphatic rings. The summed E-state index contributed by atoms with van der Waals surface area (Å²) in [4.78, 5) is 0. The molecule has 1 aromatic carbocycles. The number of rotatable bonds is 1. The van der Waals surface area contributed by atoms with E-state index in [1.165, 1.54) is 12.0 Å². The molecule has 0 bridgehead atoms. The van der Waals surface area contributed by atoms with Crippen molar-refractivity contribution in [1.82, 2.24) is 0 Å². The van der Waals surface area contributed by atoms with Gasteiger partial charge in [0.05, 0.1) is 0 Å². The van der Waals surface area contributed by atoms with Crippen LogP contribution in [0.2, 0.25) is 0 Å². The van der Waals surface area contributed by atoms with Gasteiger partial charge in [-0.2, -0.15) is 14.1 Å². The van der Waals surface area contributed by atoms with Crippen LogP contribution in [0.15, 0.2) is 18.1 Å². The van der Waals surface area contributed by atoms with E-state index in [1.54, 1.807) is 27.1 Å². The second-order valence-electron chi connectivity index (χ2n) is 3.96. The van der Waals surface area contributed by atoms with Crippen molar-refractivity contribution < 1.29 is 42.2 Å². The van der Waals surface area contributed by atoms with E-state index in [0.717, 1.165) is 5.28 Å². The van der Waals surface area contributed by atoms with E-state index in [0.29, 0.717) is 23.1 Å². The van der Waals surface area contributed by atoms with Crippen molar-refractivity contribution >= 4 is 23.3 Å². The molecule has 19 heavy (non-hydrogen) atoms. The average molecular weight is 336 g/mol. The van der Waals surface area contributed by atoms with Crippen molar-refractivity contribution in [3.63, 3.8) is 0 Å². The quantitative estimate of drug-likeness (QED) is 0.787. The van der Waals surface area contributed by atoms with Crippen LogP contribution in [0.5, 0.6) is 5.75 Å². The van der Waals surface area contributed by atoms with Crippen LogP contribution in [0.3, 0.4) is 0 Å². The smallest absolute Gasteiger partial charge is 0 e. The largest absolute Gasteiger partial charge is 0.668 e. The second-order valence-corrected chi connectivity index (χ2v) is 3.96. The number of fused-ring (bicyclic) bond motifs is 1. The number of hydrogen-bond acceptors (Lipinski definition) is 2. The molecule has 1 aromatic heterocycles. The molecule has 0 aliphatic carbocycles. The van der Waals surface area contributed by atoms with Gasteiger partial charge in [-0.3, -0.25) is 0 Å². The van der Waals surface area contributed by atoms with Gasteiger partial charge in [-0.05, 0) is 0 Å². The SMILES string of the molecule is CCc1c(F)cbc2cc(O)cc(N)c12.C[N-]C.[Y]. The van der Waals surface area contributed by atoms with Gasteiger partial charge in [0.2, 0.25) is 0 Å². The molecular weight excluding hydrogens is 319 g/mol. The number of hydrogen-bond donors (Lipinski definition) is 2. The normalized spacial score (nSPS) is 9.26. The van der Waals surface area contributed by atoms with E-state index >= 15 is 0 Å². The number of halogens is 1. The average Bonchev–Trinajstić information content (AvgIpc) is 2.30. The van der Waals surface area contributed by atoms with Crippen molar-refractivity contribution in [1.29, 1.82) is 0 Å². The van der Waals surface area contributed by atoms with Crippen molar-refractivity contribution in [3.8, 4) is 5.75 Å². The predicted octanol–water partition coefficient (Wildman–Crippen LogP) is 2.78. The number of aromatic hydroxyl groups is 1. The van der Waals surface area contributed by atoms with E-state index in [2.05, 4.69) is 5.32 Å². The summed E-state index contributed by atoms with van der Waals surface area (Å²) in [5, 5.41) is 14.3. The minimum atomic E-state index is -0.248. The van der Waals surface area contributed by atoms with Gasteiger partial charge >= 0.3 is 87.1 Å². The number of benzene rings is 1. The summed E-state index contributed by atoms with van der Waals surface area (Å²) in [6.07, 6.45) is 0.581. The Morgan fingerprint density at radius 3 is 2.47 bits per heavy atom. The summed E-state index contributed by atoms with van der Waals surface area (Å²) in [5.74, 6) is 1.26. The van der Waals surface area contributed by atoms with Crippen LogP contribution in [-0.2, 0) is 39.1 Å². The van der Waals surface area contributed by atoms with Crippen molar-refractivity contribution in [2.75, 3.05) is 19.8 Å². The molecular formula is C13H17BFN2OY-. The van der Waals surface area contributed by atoms with Crippen LogP contribution >= 0.6 is 0 Å². The first kappa shape index (κ1) is 18.5. The first-order valence-corrected chi connectivity index (χ1v) is 5.72. The number of nitrogen functional groups attached to an aromatic ring is 1. The van der Waals surface area contributed by atoms with Gasteiger partial charge in [-0.25, -0.2) is 0 Å². The topological polar surface area (TPSA) is 60.4 Å². The number of phenols is 1. The van der Waals surface area contributed by atoms with Crippen LogP contribution in [0.25, 0.3) is 16.0 Å². The monoisotopic (exact) mass is 336 g/mol. The maximum atomic E-state index is 13.5. The molecule has 0 saturated heterocycles. The number of phenolic OH excluding ortho intramolecular Hbond substituents is 1. The van der Waals surface area contributed by atoms with Crippen LogP contribution in [-0.4, -0.2) is 26.1 Å². The molecule has 3 N–H and O–H groups in total. The fourth-order valence-corrected chi connectivity index (χ4v) is 1.88. The van der Waals surface area contributed by atoms with E-state index in [1.807, 2.05) is 6.92 Å². The molecule has 0 unspecified atom stereocenters. The van der Waals surface area contributed by atoms with E-state index < -0.39 is 0 Å². The maximum Gasteiger partial charge on any atom is 0 e. The Bertz CT molecular complexity index is 552. The molecule has 3 nitrogen and oxygen atoms in total. The number of nitrogens with two attached hydrogens (primary N) is 1. The van der Waals surface area contributed by atoms with Gasteiger partial charge in [0.25, 0.3) is 0 Å². The molecule has 2 aromatic rings. The fraction of sp³-hybridized carbons (Fsp3) is 0.308. The number of aryl methyl sites for hydroxylation is 1. The van der Waals surface area contributed by atoms with Crippen LogP contribution in [0, 0.1) is 5.82 Å². The first-order chi connectivity index (χ1) is 8.54. The Kier molecular flexibility index (Phi) is 8.39. The molecule has 0 aliphatic heterocycles. The maximum absolute atomic E-state index is 13.5. The van der Waals surface area contributed by atoms with Gasteiger partial charge in [0.15, 0.2) is 0 Å². The summed E-state index contributed by atoms with van der Waals surface area (Å²) in [5.41, 5.74) is 6.80. The van der Waals surface area contributed by atoms with Gasteiger partial charge in [-0.1, -0.05) is 0 Å². The fourth-order valence-electron chi connectivity index (χ4n) is 1.88. The van der Waals surface area contributed by atoms with Crippen LogP contribution in [0.1, 0.15) is 12.5 Å². The Morgan fingerprint density at radius 1 is 1.37 bits per heavy atom. The van der Waals surface area contributed by atoms with Crippen LogP contribution < -0.4 is 5.73 Å². The van der Waals surface area contributed by atoms with Gasteiger partial charge in [0, 0.05) is 32.7 Å². The van der Waals surface area contributed by atoms with Crippen molar-refractivity contribution in [2.24, 2.45) is 0 Å². The molecule has 0 fully saturated rings. The molecule has 0 saturated carbocycles. The third-order valence-electron chi connectivity index (χ3n) is 2.54. The summed E-state index contributed by atoms with van der Waals surface area (Å²) in [6, 6.07) is 3.03. The van der Waals surface area contributed by atoms with E-state index in [4.69, 9.17) is 5.73 Å². The zero-order valence-corrected chi connectivity index (χ0v) is 14.3. The van der Waals surface area contributed by atoms with Gasteiger partial charge < -0.3 is 5.32 Å². The molecule has 0 amide bonds. The van der Waals surface area contributed by atoms with E-state index in [9.17, 15) is 9.50 Å². The summed E-state index contributed by atoms with van der Waals surface area (Å²) < 4.78 is 13.5. The molecule has 2 rings (SSSR count). The third-order valence-corrected chi connectivity index (χ3v) is 2.54. The molecule has 0 atom stereocenters. The summed E-state index contributed by atoms with van der Waals surface area (Å²) in [6.45, 7) is 3.50. The third kappa shape index (κ3) is 4.51. The first-order valence-electron chi connectivity index (χ1n) is 5.72. The van der Waals surface area contributed by atoms with Gasteiger partial charge in [-0.15, -0.1) is 0 Å². The molecule has 1 heterocycles.